The van der Waals surface area contributed by atoms with E-state index in [1.165, 1.54) is 6.08 Å². The Kier molecular flexibility index (Phi) is 6.20. The standard InChI is InChI=1S/C20H21Cl2N3O/c1-24-10-12-25(13-11-24)19-5-3-2-4-18(19)23-20(26)9-7-15-6-8-16(21)14-17(15)22/h2-9,14H,10-13H2,1H3,(H,23,26). The number of piperazine rings is 1. The lowest BCUT2D eigenvalue weighted by Crippen LogP contribution is -2.44. The number of rotatable bonds is 4. The topological polar surface area (TPSA) is 35.6 Å². The maximum atomic E-state index is 12.4. The molecule has 1 fully saturated rings. The van der Waals surface area contributed by atoms with Gasteiger partial charge in [0.25, 0.3) is 0 Å². The molecule has 1 saturated heterocycles. The van der Waals surface area contributed by atoms with Crippen molar-refractivity contribution in [1.82, 2.24) is 4.90 Å². The van der Waals surface area contributed by atoms with Crippen molar-refractivity contribution in [2.45, 2.75) is 0 Å². The lowest BCUT2D eigenvalue weighted by molar-refractivity contribution is -0.111. The van der Waals surface area contributed by atoms with Crippen LogP contribution in [-0.2, 0) is 4.79 Å². The number of benzene rings is 2. The first-order valence-electron chi connectivity index (χ1n) is 8.49. The van der Waals surface area contributed by atoms with E-state index >= 15 is 0 Å². The van der Waals surface area contributed by atoms with Crippen LogP contribution >= 0.6 is 23.2 Å². The van der Waals surface area contributed by atoms with Crippen molar-refractivity contribution in [3.8, 4) is 0 Å². The van der Waals surface area contributed by atoms with Crippen LogP contribution in [0.4, 0.5) is 11.4 Å². The van der Waals surface area contributed by atoms with Gasteiger partial charge in [-0.25, -0.2) is 0 Å². The number of anilines is 2. The molecule has 6 heteroatoms. The van der Waals surface area contributed by atoms with E-state index in [9.17, 15) is 4.79 Å². The number of halogens is 2. The second kappa shape index (κ2) is 8.58. The molecule has 0 aromatic heterocycles. The van der Waals surface area contributed by atoms with Crippen molar-refractivity contribution in [3.63, 3.8) is 0 Å². The van der Waals surface area contributed by atoms with Crippen LogP contribution in [0.1, 0.15) is 5.56 Å². The van der Waals surface area contributed by atoms with Crippen molar-refractivity contribution < 1.29 is 4.79 Å². The van der Waals surface area contributed by atoms with Crippen LogP contribution in [-0.4, -0.2) is 44.0 Å². The quantitative estimate of drug-likeness (QED) is 0.787. The monoisotopic (exact) mass is 389 g/mol. The van der Waals surface area contributed by atoms with E-state index in [1.54, 1.807) is 24.3 Å². The Hall–Kier alpha value is -2.01. The highest BCUT2D eigenvalue weighted by atomic mass is 35.5. The summed E-state index contributed by atoms with van der Waals surface area (Å²) in [7, 11) is 2.12. The van der Waals surface area contributed by atoms with Gasteiger partial charge in [-0.2, -0.15) is 0 Å². The Balaban J connectivity index is 1.70. The Morgan fingerprint density at radius 1 is 1.08 bits per heavy atom. The second-order valence-corrected chi connectivity index (χ2v) is 7.14. The van der Waals surface area contributed by atoms with E-state index < -0.39 is 0 Å². The summed E-state index contributed by atoms with van der Waals surface area (Å²) in [5, 5.41) is 4.05. The van der Waals surface area contributed by atoms with Crippen molar-refractivity contribution in [2.75, 3.05) is 43.4 Å². The molecule has 4 nitrogen and oxygen atoms in total. The molecule has 0 bridgehead atoms. The lowest BCUT2D eigenvalue weighted by Gasteiger charge is -2.35. The molecule has 1 aliphatic rings. The summed E-state index contributed by atoms with van der Waals surface area (Å²) < 4.78 is 0. The molecule has 1 N–H and O–H groups in total. The molecular formula is C20H21Cl2N3O. The Morgan fingerprint density at radius 3 is 2.54 bits per heavy atom. The number of nitrogens with zero attached hydrogens (tertiary/aromatic N) is 2. The molecule has 3 rings (SSSR count). The highest BCUT2D eigenvalue weighted by molar-refractivity contribution is 6.35. The molecule has 136 valence electrons. The second-order valence-electron chi connectivity index (χ2n) is 6.30. The number of nitrogens with one attached hydrogen (secondary N) is 1. The summed E-state index contributed by atoms with van der Waals surface area (Å²) in [6.07, 6.45) is 3.17. The van der Waals surface area contributed by atoms with Gasteiger partial charge in [0.1, 0.15) is 0 Å². The average molecular weight is 390 g/mol. The van der Waals surface area contributed by atoms with Crippen LogP contribution in [0, 0.1) is 0 Å². The first-order valence-corrected chi connectivity index (χ1v) is 9.25. The molecule has 1 heterocycles. The summed E-state index contributed by atoms with van der Waals surface area (Å²) in [6, 6.07) is 13.1. The zero-order chi connectivity index (χ0) is 18.5. The van der Waals surface area contributed by atoms with Crippen molar-refractivity contribution in [2.24, 2.45) is 0 Å². The molecule has 2 aromatic rings. The predicted octanol–water partition coefficient (Wildman–Crippen LogP) is 4.40. The molecule has 0 unspecified atom stereocenters. The molecule has 26 heavy (non-hydrogen) atoms. The smallest absolute Gasteiger partial charge is 0.248 e. The highest BCUT2D eigenvalue weighted by Crippen LogP contribution is 2.27. The van der Waals surface area contributed by atoms with Gasteiger partial charge >= 0.3 is 0 Å². The minimum absolute atomic E-state index is 0.197. The maximum absolute atomic E-state index is 12.4. The van der Waals surface area contributed by atoms with Gasteiger partial charge in [0.15, 0.2) is 0 Å². The van der Waals surface area contributed by atoms with Gasteiger partial charge in [-0.1, -0.05) is 41.4 Å². The molecular weight excluding hydrogens is 369 g/mol. The fourth-order valence-corrected chi connectivity index (χ4v) is 3.35. The first kappa shape index (κ1) is 18.8. The minimum Gasteiger partial charge on any atom is -0.367 e. The number of carbonyl (C=O) groups excluding carboxylic acids is 1. The average Bonchev–Trinajstić information content (AvgIpc) is 2.62. The van der Waals surface area contributed by atoms with Gasteiger partial charge in [-0.3, -0.25) is 4.79 Å². The van der Waals surface area contributed by atoms with E-state index in [0.717, 1.165) is 43.1 Å². The zero-order valence-electron chi connectivity index (χ0n) is 14.6. The van der Waals surface area contributed by atoms with Gasteiger partial charge in [-0.05, 0) is 43.0 Å². The minimum atomic E-state index is -0.197. The van der Waals surface area contributed by atoms with E-state index in [0.29, 0.717) is 10.0 Å². The van der Waals surface area contributed by atoms with E-state index in [1.807, 2.05) is 24.3 Å². The number of amides is 1. The highest BCUT2D eigenvalue weighted by Gasteiger charge is 2.17. The Bertz CT molecular complexity index is 814. The van der Waals surface area contributed by atoms with Crippen LogP contribution in [0.25, 0.3) is 6.08 Å². The van der Waals surface area contributed by atoms with E-state index in [2.05, 4.69) is 22.2 Å². The number of carbonyl (C=O) groups is 1. The largest absolute Gasteiger partial charge is 0.367 e. The van der Waals surface area contributed by atoms with Crippen LogP contribution in [0.15, 0.2) is 48.5 Å². The summed E-state index contributed by atoms with van der Waals surface area (Å²) >= 11 is 12.0. The molecule has 0 saturated carbocycles. The van der Waals surface area contributed by atoms with Gasteiger partial charge in [-0.15, -0.1) is 0 Å². The summed E-state index contributed by atoms with van der Waals surface area (Å²) in [5.74, 6) is -0.197. The van der Waals surface area contributed by atoms with Gasteiger partial charge < -0.3 is 15.1 Å². The SMILES string of the molecule is CN1CCN(c2ccccc2NC(=O)C=Cc2ccc(Cl)cc2Cl)CC1. The maximum Gasteiger partial charge on any atom is 0.248 e. The summed E-state index contributed by atoms with van der Waals surface area (Å²) in [4.78, 5) is 17.0. The number of hydrogen-bond donors (Lipinski definition) is 1. The number of likely N-dealkylation sites (N-methyl/N-ethyl adjacent to an activating group) is 1. The molecule has 0 spiro atoms. The molecule has 0 radical (unpaired) electrons. The lowest BCUT2D eigenvalue weighted by atomic mass is 10.2. The van der Waals surface area contributed by atoms with Gasteiger partial charge in [0, 0.05) is 42.3 Å². The van der Waals surface area contributed by atoms with Crippen molar-refractivity contribution in [3.05, 3.63) is 64.1 Å². The molecule has 1 aliphatic heterocycles. The van der Waals surface area contributed by atoms with Gasteiger partial charge in [0.05, 0.1) is 11.4 Å². The molecule has 2 aromatic carbocycles. The zero-order valence-corrected chi connectivity index (χ0v) is 16.1. The predicted molar refractivity (Wildman–Crippen MR) is 110 cm³/mol. The number of para-hydroxylation sites is 2. The third-order valence-corrected chi connectivity index (χ3v) is 4.95. The normalized spacial score (nSPS) is 15.4. The third kappa shape index (κ3) is 4.79. The van der Waals surface area contributed by atoms with Gasteiger partial charge in [0.2, 0.25) is 5.91 Å². The molecule has 1 amide bonds. The van der Waals surface area contributed by atoms with Crippen molar-refractivity contribution >= 4 is 46.6 Å². The fourth-order valence-electron chi connectivity index (χ4n) is 2.88. The summed E-state index contributed by atoms with van der Waals surface area (Å²) in [6.45, 7) is 3.91. The fraction of sp³-hybridized carbons (Fsp3) is 0.250. The van der Waals surface area contributed by atoms with Crippen LogP contribution < -0.4 is 10.2 Å². The van der Waals surface area contributed by atoms with Crippen molar-refractivity contribution in [1.29, 1.82) is 0 Å². The first-order chi connectivity index (χ1) is 12.5. The van der Waals surface area contributed by atoms with Crippen LogP contribution in [0.2, 0.25) is 10.0 Å². The van der Waals surface area contributed by atoms with Crippen LogP contribution in [0.5, 0.6) is 0 Å². The Morgan fingerprint density at radius 2 is 1.81 bits per heavy atom. The Labute approximate surface area is 164 Å². The number of hydrogen-bond acceptors (Lipinski definition) is 3. The third-order valence-electron chi connectivity index (χ3n) is 4.38. The van der Waals surface area contributed by atoms with E-state index in [4.69, 9.17) is 23.2 Å². The summed E-state index contributed by atoms with van der Waals surface area (Å²) in [5.41, 5.74) is 2.61. The van der Waals surface area contributed by atoms with Crippen LogP contribution in [0.3, 0.4) is 0 Å². The van der Waals surface area contributed by atoms with E-state index in [-0.39, 0.29) is 5.91 Å². The molecule has 0 aliphatic carbocycles. The molecule has 0 atom stereocenters.